The van der Waals surface area contributed by atoms with Crippen LogP contribution in [-0.2, 0) is 14.3 Å². The van der Waals surface area contributed by atoms with Gasteiger partial charge in [0.2, 0.25) is 0 Å². The molecular formula is C102H119ClF7N5O17. The molecule has 0 unspecified atom stereocenters. The summed E-state index contributed by atoms with van der Waals surface area (Å²) >= 11 is 5.72. The van der Waals surface area contributed by atoms with Crippen LogP contribution in [0.15, 0.2) is 210 Å². The molecule has 0 aliphatic carbocycles. The van der Waals surface area contributed by atoms with Gasteiger partial charge in [0.05, 0.1) is 56.8 Å². The first-order valence-corrected chi connectivity index (χ1v) is 41.6. The van der Waals surface area contributed by atoms with Crippen molar-refractivity contribution in [2.24, 2.45) is 21.2 Å². The molecule has 11 rings (SSSR count). The smallest absolute Gasteiger partial charge is 0.373 e. The van der Waals surface area contributed by atoms with Crippen LogP contribution in [0.2, 0.25) is 5.02 Å². The average Bonchev–Trinajstić information content (AvgIpc) is 1.80. The molecule has 9 aromatic carbocycles. The summed E-state index contributed by atoms with van der Waals surface area (Å²) in [5, 5.41) is 63.4. The molecule has 0 saturated heterocycles. The van der Waals surface area contributed by atoms with Crippen LogP contribution in [0, 0.1) is 40.7 Å². The van der Waals surface area contributed by atoms with Gasteiger partial charge in [-0.05, 0) is 235 Å². The van der Waals surface area contributed by atoms with Gasteiger partial charge in [0, 0.05) is 11.8 Å². The van der Waals surface area contributed by atoms with Crippen molar-refractivity contribution >= 4 is 71.2 Å². The van der Waals surface area contributed by atoms with E-state index in [-0.39, 0.29) is 110 Å². The van der Waals surface area contributed by atoms with Crippen molar-refractivity contribution in [1.29, 1.82) is 0 Å². The van der Waals surface area contributed by atoms with Crippen molar-refractivity contribution < 1.29 is 114 Å². The van der Waals surface area contributed by atoms with Crippen LogP contribution < -0.4 is 5.73 Å². The lowest BCUT2D eigenvalue weighted by molar-refractivity contribution is -0.191. The van der Waals surface area contributed by atoms with Gasteiger partial charge in [-0.2, -0.15) is 14.7 Å². The minimum atomic E-state index is -1.22. The number of primary amides is 1. The van der Waals surface area contributed by atoms with E-state index in [0.717, 1.165) is 39.9 Å². The van der Waals surface area contributed by atoms with Gasteiger partial charge >= 0.3 is 47.9 Å². The minimum absolute atomic E-state index is 0. The third kappa shape index (κ3) is 41.4. The normalized spacial score (nSPS) is 10.6. The molecule has 1 amide bonds. The quantitative estimate of drug-likeness (QED) is 0.0292. The van der Waals surface area contributed by atoms with Gasteiger partial charge in [-0.3, -0.25) is 4.79 Å². The molecule has 10 aromatic rings. The number of nitrogens with zero attached hydrogens (tertiary/aromatic N) is 4. The third-order valence-electron chi connectivity index (χ3n) is 18.9. The van der Waals surface area contributed by atoms with Crippen molar-refractivity contribution in [2.75, 3.05) is 13.7 Å². The molecule has 22 nitrogen and oxygen atoms in total. The Hall–Kier alpha value is -13.7. The van der Waals surface area contributed by atoms with Crippen LogP contribution in [0.1, 0.15) is 349 Å². The number of hydrogen-bond acceptors (Lipinski definition) is 15. The molecule has 8 N–H and O–H groups in total. The fourth-order valence-corrected chi connectivity index (χ4v) is 11.3. The molecule has 2 heterocycles. The monoisotopic (exact) mass is 1850 g/mol. The number of carbonyl (C=O) groups excluding carboxylic acids is 4. The molecule has 710 valence electrons. The van der Waals surface area contributed by atoms with E-state index in [2.05, 4.69) is 77.1 Å². The molecular weight excluding hydrogens is 1740 g/mol. The summed E-state index contributed by atoms with van der Waals surface area (Å²) in [7, 11) is 1.24. The summed E-state index contributed by atoms with van der Waals surface area (Å²) in [5.41, 5.74) is 14.9. The zero-order valence-electron chi connectivity index (χ0n) is 77.0. The summed E-state index contributed by atoms with van der Waals surface area (Å²) in [4.78, 5) is 106. The topological polar surface area (TPSA) is 377 Å². The number of amides is 1. The van der Waals surface area contributed by atoms with Crippen LogP contribution in [0.3, 0.4) is 0 Å². The Morgan fingerprint density at radius 2 is 0.811 bits per heavy atom. The zero-order valence-corrected chi connectivity index (χ0v) is 77.8. The number of carbonyl (C=O) groups is 8. The number of methoxy groups -OCH3 is 1. The number of carboxylic acid groups (broad SMARTS) is 6. The molecule has 0 bridgehead atoms. The first-order chi connectivity index (χ1) is 61.2. The second-order valence-electron chi connectivity index (χ2n) is 32.0. The lowest BCUT2D eigenvalue weighted by Gasteiger charge is -2.08. The Morgan fingerprint density at radius 3 is 1.23 bits per heavy atom. The molecule has 0 radical (unpaired) electrons. The van der Waals surface area contributed by atoms with E-state index in [9.17, 15) is 69.1 Å². The van der Waals surface area contributed by atoms with Crippen molar-refractivity contribution in [3.05, 3.63) is 346 Å². The lowest BCUT2D eigenvalue weighted by Crippen LogP contribution is -2.13. The van der Waals surface area contributed by atoms with E-state index in [1.165, 1.54) is 97.7 Å². The molecule has 0 fully saturated rings. The highest BCUT2D eigenvalue weighted by Gasteiger charge is 2.21. The van der Waals surface area contributed by atoms with Gasteiger partial charge in [-0.1, -0.05) is 230 Å². The Balaban J connectivity index is 0.00000144. The number of esters is 1. The highest BCUT2D eigenvalue weighted by molar-refractivity contribution is 6.33. The number of halogens is 8. The minimum Gasteiger partial charge on any atom is -0.478 e. The maximum atomic E-state index is 13.5. The summed E-state index contributed by atoms with van der Waals surface area (Å²) in [6.07, 6.45) is 1.78. The Morgan fingerprint density at radius 1 is 0.371 bits per heavy atom. The number of carboxylic acids is 6. The van der Waals surface area contributed by atoms with E-state index >= 15 is 0 Å². The maximum absolute atomic E-state index is 13.5. The molecule has 1 aliphatic heterocycles. The summed E-state index contributed by atoms with van der Waals surface area (Å²) < 4.78 is 96.2. The van der Waals surface area contributed by atoms with Crippen LogP contribution >= 0.6 is 11.6 Å². The maximum Gasteiger partial charge on any atom is 0.373 e. The van der Waals surface area contributed by atoms with Gasteiger partial charge in [-0.15, -0.1) is 5.10 Å². The van der Waals surface area contributed by atoms with Crippen LogP contribution in [0.25, 0.3) is 0 Å². The number of aromatic nitrogens is 1. The fourth-order valence-electron chi connectivity index (χ4n) is 11.1. The number of nitrogens with two attached hydrogens (primary N) is 1. The molecule has 0 atom stereocenters. The number of benzene rings is 9. The number of pyridine rings is 1. The van der Waals surface area contributed by atoms with Crippen molar-refractivity contribution in [1.82, 2.24) is 4.98 Å². The van der Waals surface area contributed by atoms with Crippen LogP contribution in [0.4, 0.5) is 30.7 Å². The Labute approximate surface area is 772 Å². The van der Waals surface area contributed by atoms with Gasteiger partial charge in [0.15, 0.2) is 0 Å². The van der Waals surface area contributed by atoms with Gasteiger partial charge < -0.3 is 41.1 Å². The summed E-state index contributed by atoms with van der Waals surface area (Å²) in [6.45, 7) is 39.7. The number of rotatable bonds is 19. The predicted octanol–water partition coefficient (Wildman–Crippen LogP) is 26.4. The van der Waals surface area contributed by atoms with Crippen LogP contribution in [-0.4, -0.2) is 109 Å². The first kappa shape index (κ1) is 118. The number of hydrogen-bond donors (Lipinski definition) is 7. The molecule has 0 saturated carbocycles. The highest BCUT2D eigenvalue weighted by Crippen LogP contribution is 2.28. The predicted molar refractivity (Wildman–Crippen MR) is 497 cm³/mol. The van der Waals surface area contributed by atoms with E-state index in [1.54, 1.807) is 48.5 Å². The van der Waals surface area contributed by atoms with Gasteiger partial charge in [0.25, 0.3) is 5.91 Å². The number of aromatic carboxylic acids is 6. The van der Waals surface area contributed by atoms with E-state index in [1.807, 2.05) is 135 Å². The Bertz CT molecular complexity index is 5470. The largest absolute Gasteiger partial charge is 0.478 e. The summed E-state index contributed by atoms with van der Waals surface area (Å²) in [6, 6.07) is 49.1. The van der Waals surface area contributed by atoms with Crippen LogP contribution in [0.5, 0.6) is 0 Å². The Kier molecular flexibility index (Phi) is 53.4. The van der Waals surface area contributed by atoms with Gasteiger partial charge in [0.1, 0.15) is 53.0 Å². The van der Waals surface area contributed by atoms with E-state index in [0.29, 0.717) is 63.7 Å². The third-order valence-corrected chi connectivity index (χ3v) is 19.2. The van der Waals surface area contributed by atoms with E-state index < -0.39 is 76.8 Å². The highest BCUT2D eigenvalue weighted by atomic mass is 35.5. The van der Waals surface area contributed by atoms with E-state index in [4.69, 9.17) is 57.6 Å². The second-order valence-corrected chi connectivity index (χ2v) is 32.5. The molecule has 132 heavy (non-hydrogen) atoms. The van der Waals surface area contributed by atoms with Crippen molar-refractivity contribution in [3.8, 4) is 0 Å². The standard InChI is InChI=1S/C11H12FN3.C11H13FO2.C10H11ClO2.C10H12FNO.4C10H11FO2.C9H11NO2.C9H12.CO2.CH4/c1-7(2)8-3-4-10(12)9(5-8)11-6-13-15-14-11;1-7(2)8-4-5-10(12)9(6-8)11(13)14-3;2*1-6(2)7-3-4-9(11)8(5-7)10(12)13;1-6(2)7-3-8(10(12)13)5-9(11)4-7;1-6(2)8-5-7(10(12)13)3-4-9(8)11;1-6(2)8-4-3-7(11)5-9(8)10(12)13;1-6(2)7-4-3-5-8(9(7)11)10(12)13;1-6(2)7-3-4-10-8(5-7)9(11)12;1-8(2)9-6-4-3-5-7-9;2-1-3;/h3-5,7H,6H2,1-2H3;4-7H,1-3H3;3-6H,1-2H3,(H,12,13);3-6H,1-2H3,(H2,12,13);4*3-6H,1-2H3,(H,12,13);3-6H,1-2H3,(H,11,12);3-8H,1-2H3;;1H4. The first-order valence-electron chi connectivity index (χ1n) is 41.3. The lowest BCUT2D eigenvalue weighted by atomic mass is 9.97. The van der Waals surface area contributed by atoms with Crippen molar-refractivity contribution in [2.45, 2.75) is 205 Å². The SMILES string of the molecule is C.CC(C)c1cc(C(=O)O)ccc1F.CC(C)c1cc(F)cc(C(=O)O)c1.CC(C)c1ccc(Cl)c(C(=O)O)c1.CC(C)c1ccc(F)c(C(N)=O)c1.CC(C)c1ccc(F)c(C2=NN=NC2)c1.CC(C)c1ccc(F)cc1C(=O)O.CC(C)c1cccc(C(=O)O)c1F.CC(C)c1ccccc1.CC(C)c1ccnc(C(=O)O)c1.COC(=O)c1cc(C(C)C)ccc1F.O=C=O. The average molecular weight is 1860 g/mol. The van der Waals surface area contributed by atoms with Gasteiger partial charge in [-0.25, -0.2) is 69.3 Å². The molecule has 0 spiro atoms. The molecule has 1 aliphatic rings. The zero-order chi connectivity index (χ0) is 100. The fraction of sp³-hybridized carbons (Fsp3) is 0.324. The van der Waals surface area contributed by atoms with Crippen molar-refractivity contribution in [3.63, 3.8) is 0 Å². The number of ether oxygens (including phenoxy) is 1. The molecule has 1 aromatic heterocycles. The second kappa shape index (κ2) is 59.5. The molecule has 30 heteroatoms. The summed E-state index contributed by atoms with van der Waals surface area (Å²) in [5.74, 6) is -8.63.